The molecule has 4 nitrogen and oxygen atoms in total. The van der Waals surface area contributed by atoms with Gasteiger partial charge in [0.25, 0.3) is 0 Å². The van der Waals surface area contributed by atoms with Crippen molar-refractivity contribution < 1.29 is 18.3 Å². The highest BCUT2D eigenvalue weighted by Gasteiger charge is 2.08. The molecule has 0 radical (unpaired) electrons. The van der Waals surface area contributed by atoms with Gasteiger partial charge in [-0.05, 0) is 50.2 Å². The van der Waals surface area contributed by atoms with Gasteiger partial charge in [0.1, 0.15) is 17.4 Å². The Bertz CT molecular complexity index is 658. The average Bonchev–Trinajstić information content (AvgIpc) is 2.43. The number of carbonyl (C=O) groups excluding carboxylic acids is 1. The van der Waals surface area contributed by atoms with Crippen molar-refractivity contribution in [3.63, 3.8) is 0 Å². The van der Waals surface area contributed by atoms with Gasteiger partial charge in [-0.2, -0.15) is 0 Å². The molecule has 2 rings (SSSR count). The first kappa shape index (κ1) is 15.8. The van der Waals surface area contributed by atoms with Crippen molar-refractivity contribution in [3.05, 3.63) is 54.1 Å². The fourth-order valence-electron chi connectivity index (χ4n) is 1.76. The molecule has 0 aromatic heterocycles. The lowest BCUT2D eigenvalue weighted by atomic mass is 10.3. The SMILES string of the molecule is CC(C)Oc1ccc(NC(=O)Nc2ccc(F)cc2F)cc1. The van der Waals surface area contributed by atoms with Crippen LogP contribution in [0.1, 0.15) is 13.8 Å². The Labute approximate surface area is 127 Å². The van der Waals surface area contributed by atoms with E-state index in [0.717, 1.165) is 12.1 Å². The lowest BCUT2D eigenvalue weighted by Gasteiger charge is -2.11. The Morgan fingerprint density at radius 1 is 1.05 bits per heavy atom. The molecule has 0 fully saturated rings. The molecule has 0 unspecified atom stereocenters. The van der Waals surface area contributed by atoms with Crippen LogP contribution in [0.3, 0.4) is 0 Å². The molecule has 6 heteroatoms. The van der Waals surface area contributed by atoms with Gasteiger partial charge in [-0.3, -0.25) is 0 Å². The third-order valence-electron chi connectivity index (χ3n) is 2.66. The molecular weight excluding hydrogens is 290 g/mol. The van der Waals surface area contributed by atoms with E-state index < -0.39 is 17.7 Å². The van der Waals surface area contributed by atoms with Crippen LogP contribution in [0.15, 0.2) is 42.5 Å². The van der Waals surface area contributed by atoms with Crippen LogP contribution in [0.4, 0.5) is 25.0 Å². The molecule has 2 aromatic carbocycles. The number of benzene rings is 2. The van der Waals surface area contributed by atoms with Crippen molar-refractivity contribution in [3.8, 4) is 5.75 Å². The molecule has 0 bridgehead atoms. The fraction of sp³-hybridized carbons (Fsp3) is 0.188. The van der Waals surface area contributed by atoms with Crippen molar-refractivity contribution in [1.29, 1.82) is 0 Å². The van der Waals surface area contributed by atoms with Crippen LogP contribution < -0.4 is 15.4 Å². The molecule has 0 atom stereocenters. The molecule has 0 spiro atoms. The van der Waals surface area contributed by atoms with Crippen molar-refractivity contribution in [2.75, 3.05) is 10.6 Å². The van der Waals surface area contributed by atoms with E-state index in [9.17, 15) is 13.6 Å². The van der Waals surface area contributed by atoms with Gasteiger partial charge in [-0.15, -0.1) is 0 Å². The van der Waals surface area contributed by atoms with Crippen molar-refractivity contribution in [2.45, 2.75) is 20.0 Å². The van der Waals surface area contributed by atoms with Crippen LogP contribution in [0, 0.1) is 11.6 Å². The molecule has 2 amide bonds. The first-order chi connectivity index (χ1) is 10.4. The predicted molar refractivity (Wildman–Crippen MR) is 81.2 cm³/mol. The number of anilines is 2. The van der Waals surface area contributed by atoms with E-state index in [1.807, 2.05) is 13.8 Å². The number of amides is 2. The lowest BCUT2D eigenvalue weighted by molar-refractivity contribution is 0.242. The van der Waals surface area contributed by atoms with E-state index in [1.54, 1.807) is 24.3 Å². The number of hydrogen-bond acceptors (Lipinski definition) is 2. The van der Waals surface area contributed by atoms with Gasteiger partial charge in [0, 0.05) is 11.8 Å². The Balaban J connectivity index is 1.97. The molecule has 116 valence electrons. The van der Waals surface area contributed by atoms with E-state index in [4.69, 9.17) is 4.74 Å². The molecule has 0 aliphatic carbocycles. The maximum Gasteiger partial charge on any atom is 0.323 e. The minimum absolute atomic E-state index is 0.0589. The first-order valence-electron chi connectivity index (χ1n) is 6.74. The normalized spacial score (nSPS) is 10.4. The predicted octanol–water partition coefficient (Wildman–Crippen LogP) is 4.40. The Morgan fingerprint density at radius 2 is 1.73 bits per heavy atom. The lowest BCUT2D eigenvalue weighted by Crippen LogP contribution is -2.20. The molecule has 0 heterocycles. The minimum Gasteiger partial charge on any atom is -0.491 e. The zero-order valence-corrected chi connectivity index (χ0v) is 12.2. The molecule has 2 aromatic rings. The van der Waals surface area contributed by atoms with E-state index in [-0.39, 0.29) is 11.8 Å². The van der Waals surface area contributed by atoms with E-state index in [2.05, 4.69) is 10.6 Å². The molecule has 0 saturated carbocycles. The van der Waals surface area contributed by atoms with Crippen molar-refractivity contribution in [1.82, 2.24) is 0 Å². The maximum atomic E-state index is 13.4. The molecule has 2 N–H and O–H groups in total. The van der Waals surface area contributed by atoms with Crippen LogP contribution >= 0.6 is 0 Å². The van der Waals surface area contributed by atoms with Crippen LogP contribution in [-0.2, 0) is 0 Å². The van der Waals surface area contributed by atoms with E-state index in [1.165, 1.54) is 0 Å². The largest absolute Gasteiger partial charge is 0.491 e. The van der Waals surface area contributed by atoms with Gasteiger partial charge < -0.3 is 15.4 Å². The summed E-state index contributed by atoms with van der Waals surface area (Å²) in [4.78, 5) is 11.8. The molecule has 0 saturated heterocycles. The van der Waals surface area contributed by atoms with Crippen LogP contribution in [0.2, 0.25) is 0 Å². The van der Waals surface area contributed by atoms with Gasteiger partial charge in [-0.25, -0.2) is 13.6 Å². The number of nitrogens with one attached hydrogen (secondary N) is 2. The van der Waals surface area contributed by atoms with Gasteiger partial charge in [0.15, 0.2) is 0 Å². The zero-order chi connectivity index (χ0) is 16.1. The summed E-state index contributed by atoms with van der Waals surface area (Å²) < 4.78 is 31.7. The molecule has 22 heavy (non-hydrogen) atoms. The van der Waals surface area contributed by atoms with Crippen LogP contribution in [-0.4, -0.2) is 12.1 Å². The topological polar surface area (TPSA) is 50.4 Å². The van der Waals surface area contributed by atoms with Gasteiger partial charge in [0.2, 0.25) is 0 Å². The summed E-state index contributed by atoms with van der Waals surface area (Å²) in [5, 5.41) is 4.86. The summed E-state index contributed by atoms with van der Waals surface area (Å²) in [6.07, 6.45) is 0.0589. The highest BCUT2D eigenvalue weighted by molar-refractivity contribution is 5.99. The summed E-state index contributed by atoms with van der Waals surface area (Å²) in [6.45, 7) is 3.83. The number of halogens is 2. The summed E-state index contributed by atoms with van der Waals surface area (Å²) in [5.74, 6) is -0.856. The van der Waals surface area contributed by atoms with Gasteiger partial charge in [-0.1, -0.05) is 0 Å². The second kappa shape index (κ2) is 6.89. The monoisotopic (exact) mass is 306 g/mol. The van der Waals surface area contributed by atoms with Crippen molar-refractivity contribution in [2.24, 2.45) is 0 Å². The fourth-order valence-corrected chi connectivity index (χ4v) is 1.76. The second-order valence-electron chi connectivity index (χ2n) is 4.89. The van der Waals surface area contributed by atoms with Gasteiger partial charge in [0.05, 0.1) is 11.8 Å². The Hall–Kier alpha value is -2.63. The zero-order valence-electron chi connectivity index (χ0n) is 12.2. The first-order valence-corrected chi connectivity index (χ1v) is 6.74. The van der Waals surface area contributed by atoms with Crippen LogP contribution in [0.25, 0.3) is 0 Å². The summed E-state index contributed by atoms with van der Waals surface area (Å²) in [7, 11) is 0. The third-order valence-corrected chi connectivity index (χ3v) is 2.66. The Kier molecular flexibility index (Phi) is 4.93. The molecule has 0 aliphatic heterocycles. The summed E-state index contributed by atoms with van der Waals surface area (Å²) >= 11 is 0. The van der Waals surface area contributed by atoms with E-state index in [0.29, 0.717) is 17.5 Å². The molecule has 0 aliphatic rings. The minimum atomic E-state index is -0.837. The van der Waals surface area contributed by atoms with Crippen LogP contribution in [0.5, 0.6) is 5.75 Å². The molecular formula is C16H16F2N2O2. The van der Waals surface area contributed by atoms with Gasteiger partial charge >= 0.3 is 6.03 Å². The standard InChI is InChI=1S/C16H16F2N2O2/c1-10(2)22-13-6-4-12(5-7-13)19-16(21)20-15-8-3-11(17)9-14(15)18/h3-10H,1-2H3,(H2,19,20,21). The number of hydrogen-bond donors (Lipinski definition) is 2. The number of ether oxygens (including phenoxy) is 1. The number of urea groups is 1. The second-order valence-corrected chi connectivity index (χ2v) is 4.89. The quantitative estimate of drug-likeness (QED) is 0.880. The van der Waals surface area contributed by atoms with E-state index >= 15 is 0 Å². The third kappa shape index (κ3) is 4.44. The number of carbonyl (C=O) groups is 1. The smallest absolute Gasteiger partial charge is 0.323 e. The average molecular weight is 306 g/mol. The summed E-state index contributed by atoms with van der Waals surface area (Å²) in [6, 6.07) is 9.07. The highest BCUT2D eigenvalue weighted by Crippen LogP contribution is 2.18. The highest BCUT2D eigenvalue weighted by atomic mass is 19.1. The summed E-state index contributed by atoms with van der Waals surface area (Å²) in [5.41, 5.74) is 0.426. The Morgan fingerprint density at radius 3 is 2.32 bits per heavy atom. The number of rotatable bonds is 4. The maximum absolute atomic E-state index is 13.4. The van der Waals surface area contributed by atoms with Crippen molar-refractivity contribution >= 4 is 17.4 Å².